The van der Waals surface area contributed by atoms with Gasteiger partial charge < -0.3 is 32.8 Å². The summed E-state index contributed by atoms with van der Waals surface area (Å²) in [6.45, 7) is 20.5. The highest BCUT2D eigenvalue weighted by atomic mass is 28.4. The SMILES string of the molecule is CO[C@@H]1[C@@H](OC)[C@H](C)O[C@@H](O[C@H]2C/C=C/CCC(=O)OC/C=C/C=C/C([Si](C)(C)C)=C/[C@H]2O[Si](C)(C)C(C)(C)C)[C@@H]1OC. The molecule has 43 heavy (non-hydrogen) atoms. The zero-order valence-corrected chi connectivity index (χ0v) is 30.7. The molecule has 246 valence electrons. The molecule has 1 fully saturated rings. The molecule has 2 heterocycles. The average Bonchev–Trinajstić information content (AvgIpc) is 2.90. The molecule has 0 unspecified atom stereocenters. The van der Waals surface area contributed by atoms with Crippen molar-refractivity contribution < 1.29 is 37.6 Å². The van der Waals surface area contributed by atoms with Crippen LogP contribution in [0.3, 0.4) is 0 Å². The van der Waals surface area contributed by atoms with Gasteiger partial charge in [0.05, 0.1) is 26.4 Å². The van der Waals surface area contributed by atoms with Gasteiger partial charge in [0.1, 0.15) is 24.9 Å². The Labute approximate surface area is 262 Å². The Morgan fingerprint density at radius 2 is 1.53 bits per heavy atom. The van der Waals surface area contributed by atoms with Crippen molar-refractivity contribution in [1.82, 2.24) is 0 Å². The van der Waals surface area contributed by atoms with Crippen molar-refractivity contribution in [3.8, 4) is 0 Å². The lowest BCUT2D eigenvalue weighted by Crippen LogP contribution is -2.60. The number of carbonyl (C=O) groups excluding carboxylic acids is 1. The largest absolute Gasteiger partial charge is 0.461 e. The number of hydrogen-bond acceptors (Lipinski definition) is 8. The van der Waals surface area contributed by atoms with Crippen molar-refractivity contribution in [2.24, 2.45) is 0 Å². The van der Waals surface area contributed by atoms with E-state index in [4.69, 9.17) is 32.8 Å². The average molecular weight is 639 g/mol. The highest BCUT2D eigenvalue weighted by Gasteiger charge is 2.48. The summed E-state index contributed by atoms with van der Waals surface area (Å²) in [7, 11) is 0.894. The third-order valence-corrected chi connectivity index (χ3v) is 15.1. The maximum absolute atomic E-state index is 12.2. The van der Waals surface area contributed by atoms with Gasteiger partial charge in [0.15, 0.2) is 14.6 Å². The van der Waals surface area contributed by atoms with Crippen LogP contribution < -0.4 is 0 Å². The first-order valence-corrected chi connectivity index (χ1v) is 21.9. The fourth-order valence-electron chi connectivity index (χ4n) is 4.89. The number of esters is 1. The molecule has 2 aliphatic heterocycles. The maximum atomic E-state index is 12.2. The molecule has 2 rings (SSSR count). The summed E-state index contributed by atoms with van der Waals surface area (Å²) < 4.78 is 43.3. The number of hydrogen-bond donors (Lipinski definition) is 0. The normalized spacial score (nSPS) is 34.1. The van der Waals surface area contributed by atoms with Crippen LogP contribution in [0.15, 0.2) is 47.7 Å². The minimum atomic E-state index is -2.25. The van der Waals surface area contributed by atoms with E-state index in [2.05, 4.69) is 71.7 Å². The molecule has 1 saturated heterocycles. The second-order valence-corrected chi connectivity index (χ2v) is 23.7. The Morgan fingerprint density at radius 3 is 2.12 bits per heavy atom. The summed E-state index contributed by atoms with van der Waals surface area (Å²) in [5.74, 6) is -0.217. The molecule has 0 amide bonds. The molecule has 10 heteroatoms. The van der Waals surface area contributed by atoms with Crippen molar-refractivity contribution in [2.75, 3.05) is 27.9 Å². The second kappa shape index (κ2) is 16.8. The van der Waals surface area contributed by atoms with Crippen LogP contribution in [0.4, 0.5) is 0 Å². The van der Waals surface area contributed by atoms with Crippen LogP contribution in [0.1, 0.15) is 47.0 Å². The Hall–Kier alpha value is -1.38. The van der Waals surface area contributed by atoms with Crippen LogP contribution in [0.5, 0.6) is 0 Å². The van der Waals surface area contributed by atoms with E-state index in [1.54, 1.807) is 21.3 Å². The third kappa shape index (κ3) is 11.2. The Kier molecular flexibility index (Phi) is 14.8. The number of carbonyl (C=O) groups is 1. The Balaban J connectivity index is 2.66. The molecule has 0 aromatic carbocycles. The van der Waals surface area contributed by atoms with Crippen molar-refractivity contribution in [3.63, 3.8) is 0 Å². The standard InChI is InChI=1S/C33H58O8Si2/c1-24-29(35-5)30(36-6)31(37-7)32(39-24)40-26-20-16-13-17-21-28(34)38-22-18-14-15-19-25(42(8,9)10)23-27(26)41-43(11,12)33(2,3)4/h13-16,18-19,23-24,26-27,29-32H,17,20-22H2,1-12H3/b16-13+,18-14+,19-15+,25-23-/t24-,26-,27+,29-,30+,31+,32-/m0/s1. The van der Waals surface area contributed by atoms with E-state index in [9.17, 15) is 4.79 Å². The van der Waals surface area contributed by atoms with Crippen molar-refractivity contribution in [2.45, 2.75) is 128 Å². The first-order valence-electron chi connectivity index (χ1n) is 15.5. The molecule has 2 aliphatic rings. The van der Waals surface area contributed by atoms with Crippen LogP contribution in [0.25, 0.3) is 0 Å². The van der Waals surface area contributed by atoms with E-state index >= 15 is 0 Å². The van der Waals surface area contributed by atoms with Gasteiger partial charge >= 0.3 is 5.97 Å². The maximum Gasteiger partial charge on any atom is 0.306 e. The Bertz CT molecular complexity index is 992. The predicted molar refractivity (Wildman–Crippen MR) is 177 cm³/mol. The van der Waals surface area contributed by atoms with Gasteiger partial charge in [-0.05, 0) is 44.0 Å². The molecule has 8 nitrogen and oxygen atoms in total. The lowest BCUT2D eigenvalue weighted by molar-refractivity contribution is -0.318. The number of cyclic esters (lactones) is 1. The number of ether oxygens (including phenoxy) is 6. The molecule has 0 saturated carbocycles. The highest BCUT2D eigenvalue weighted by Crippen LogP contribution is 2.39. The van der Waals surface area contributed by atoms with Crippen LogP contribution in [0, 0.1) is 0 Å². The van der Waals surface area contributed by atoms with E-state index in [-0.39, 0.29) is 42.0 Å². The van der Waals surface area contributed by atoms with E-state index in [0.717, 1.165) is 0 Å². The lowest BCUT2D eigenvalue weighted by atomic mass is 9.99. The van der Waals surface area contributed by atoms with Crippen LogP contribution in [-0.4, -0.2) is 93.2 Å². The number of methoxy groups -OCH3 is 3. The molecule has 0 aromatic heterocycles. The van der Waals surface area contributed by atoms with E-state index < -0.39 is 34.9 Å². The zero-order valence-electron chi connectivity index (χ0n) is 28.7. The van der Waals surface area contributed by atoms with Crippen LogP contribution in [-0.2, 0) is 37.6 Å². The molecule has 7 atom stereocenters. The minimum Gasteiger partial charge on any atom is -0.461 e. The van der Waals surface area contributed by atoms with Gasteiger partial charge in [-0.3, -0.25) is 4.79 Å². The van der Waals surface area contributed by atoms with Crippen LogP contribution in [0.2, 0.25) is 37.8 Å². The van der Waals surface area contributed by atoms with Crippen molar-refractivity contribution in [3.05, 3.63) is 47.7 Å². The summed E-state index contributed by atoms with van der Waals surface area (Å²) in [4.78, 5) is 12.2. The van der Waals surface area contributed by atoms with Gasteiger partial charge in [0, 0.05) is 27.8 Å². The molecule has 0 N–H and O–H groups in total. The summed E-state index contributed by atoms with van der Waals surface area (Å²) in [6, 6.07) is 0. The molecule has 0 bridgehead atoms. The van der Waals surface area contributed by atoms with Crippen molar-refractivity contribution >= 4 is 22.4 Å². The number of allylic oxidation sites excluding steroid dienone is 5. The van der Waals surface area contributed by atoms with Crippen LogP contribution >= 0.6 is 0 Å². The van der Waals surface area contributed by atoms with Gasteiger partial charge in [0.25, 0.3) is 0 Å². The topological polar surface area (TPSA) is 81.7 Å². The summed E-state index contributed by atoms with van der Waals surface area (Å²) in [5, 5.41) is 1.24. The first-order chi connectivity index (χ1) is 20.1. The smallest absolute Gasteiger partial charge is 0.306 e. The lowest BCUT2D eigenvalue weighted by Gasteiger charge is -2.46. The van der Waals surface area contributed by atoms with Gasteiger partial charge in [-0.1, -0.05) is 82.1 Å². The number of rotatable bonds is 8. The summed E-state index contributed by atoms with van der Waals surface area (Å²) in [6.07, 6.45) is 12.9. The van der Waals surface area contributed by atoms with Gasteiger partial charge in [-0.25, -0.2) is 0 Å². The first kappa shape index (κ1) is 37.8. The molecule has 0 spiro atoms. The Morgan fingerprint density at radius 1 is 0.884 bits per heavy atom. The molecular formula is C33H58O8Si2. The van der Waals surface area contributed by atoms with E-state index in [0.29, 0.717) is 19.3 Å². The van der Waals surface area contributed by atoms with Gasteiger partial charge in [-0.2, -0.15) is 0 Å². The van der Waals surface area contributed by atoms with Gasteiger partial charge in [0.2, 0.25) is 0 Å². The monoisotopic (exact) mass is 638 g/mol. The highest BCUT2D eigenvalue weighted by molar-refractivity contribution is 6.83. The van der Waals surface area contributed by atoms with E-state index in [1.165, 1.54) is 5.20 Å². The van der Waals surface area contributed by atoms with Crippen molar-refractivity contribution in [1.29, 1.82) is 0 Å². The third-order valence-electron chi connectivity index (χ3n) is 8.58. The summed E-state index contributed by atoms with van der Waals surface area (Å²) >= 11 is 0. The zero-order chi connectivity index (χ0) is 32.4. The van der Waals surface area contributed by atoms with E-state index in [1.807, 2.05) is 31.2 Å². The fraction of sp³-hybridized carbons (Fsp3) is 0.727. The minimum absolute atomic E-state index is 0.00745. The fourth-order valence-corrected chi connectivity index (χ4v) is 7.40. The summed E-state index contributed by atoms with van der Waals surface area (Å²) in [5.41, 5.74) is 0. The predicted octanol–water partition coefficient (Wildman–Crippen LogP) is 6.75. The molecule has 0 radical (unpaired) electrons. The van der Waals surface area contributed by atoms with Gasteiger partial charge in [-0.15, -0.1) is 0 Å². The second-order valence-electron chi connectivity index (χ2n) is 13.9. The molecule has 0 aromatic rings. The quantitative estimate of drug-likeness (QED) is 0.164. The molecular weight excluding hydrogens is 581 g/mol. The molecule has 0 aliphatic carbocycles.